The van der Waals surface area contributed by atoms with Gasteiger partial charge in [0.2, 0.25) is 5.89 Å². The van der Waals surface area contributed by atoms with Crippen molar-refractivity contribution in [3.63, 3.8) is 0 Å². The van der Waals surface area contributed by atoms with Crippen molar-refractivity contribution in [3.8, 4) is 11.5 Å². The summed E-state index contributed by atoms with van der Waals surface area (Å²) in [6.45, 7) is 3.78. The molecule has 0 atom stereocenters. The number of nitrogens with zero attached hydrogens (tertiary/aromatic N) is 1. The third-order valence-electron chi connectivity index (χ3n) is 2.71. The standard InChI is InChI=1S/C13H14N2O4/c1-7-8(2)19-12(15-7)6-14-13(18)9-3-4-10(16)11(17)5-9/h3-5,16-17H,6H2,1-2H3,(H,14,18). The van der Waals surface area contributed by atoms with Gasteiger partial charge in [0.1, 0.15) is 5.76 Å². The van der Waals surface area contributed by atoms with E-state index < -0.39 is 0 Å². The second kappa shape index (κ2) is 5.01. The summed E-state index contributed by atoms with van der Waals surface area (Å²) in [5, 5.41) is 21.1. The molecule has 0 unspecified atom stereocenters. The van der Waals surface area contributed by atoms with Crippen molar-refractivity contribution in [2.45, 2.75) is 20.4 Å². The van der Waals surface area contributed by atoms with Crippen LogP contribution >= 0.6 is 0 Å². The van der Waals surface area contributed by atoms with E-state index in [9.17, 15) is 9.90 Å². The molecule has 0 saturated heterocycles. The minimum absolute atomic E-state index is 0.162. The zero-order valence-electron chi connectivity index (χ0n) is 10.6. The average Bonchev–Trinajstić information content (AvgIpc) is 2.69. The number of rotatable bonds is 3. The van der Waals surface area contributed by atoms with Crippen LogP contribution in [0.15, 0.2) is 22.6 Å². The highest BCUT2D eigenvalue weighted by Gasteiger charge is 2.11. The molecule has 2 rings (SSSR count). The molecule has 6 heteroatoms. The van der Waals surface area contributed by atoms with Crippen LogP contribution in [0.4, 0.5) is 0 Å². The molecule has 0 spiro atoms. The summed E-state index contributed by atoms with van der Waals surface area (Å²) < 4.78 is 5.33. The Morgan fingerprint density at radius 1 is 1.32 bits per heavy atom. The summed E-state index contributed by atoms with van der Waals surface area (Å²) in [6, 6.07) is 3.86. The highest BCUT2D eigenvalue weighted by atomic mass is 16.4. The van der Waals surface area contributed by atoms with Crippen molar-refractivity contribution in [1.29, 1.82) is 0 Å². The topological polar surface area (TPSA) is 95.6 Å². The second-order valence-corrected chi connectivity index (χ2v) is 4.14. The maximum atomic E-state index is 11.8. The molecule has 1 amide bonds. The molecule has 1 aromatic carbocycles. The van der Waals surface area contributed by atoms with Crippen LogP contribution in [0.1, 0.15) is 27.7 Å². The number of phenols is 2. The maximum absolute atomic E-state index is 11.8. The van der Waals surface area contributed by atoms with E-state index in [1.807, 2.05) is 6.92 Å². The SMILES string of the molecule is Cc1nc(CNC(=O)c2ccc(O)c(O)c2)oc1C. The normalized spacial score (nSPS) is 10.4. The maximum Gasteiger partial charge on any atom is 0.251 e. The fourth-order valence-corrected chi connectivity index (χ4v) is 1.54. The first-order valence-corrected chi connectivity index (χ1v) is 5.70. The molecule has 0 aliphatic rings. The lowest BCUT2D eigenvalue weighted by molar-refractivity contribution is 0.0946. The third-order valence-corrected chi connectivity index (χ3v) is 2.71. The predicted octanol–water partition coefficient (Wildman–Crippen LogP) is 1.63. The Hall–Kier alpha value is -2.50. The number of aromatic nitrogens is 1. The third kappa shape index (κ3) is 2.85. The molecule has 1 aromatic heterocycles. The molecule has 0 radical (unpaired) electrons. The number of aromatic hydroxyl groups is 2. The molecular formula is C13H14N2O4. The van der Waals surface area contributed by atoms with Gasteiger partial charge in [-0.1, -0.05) is 0 Å². The minimum atomic E-state index is -0.385. The van der Waals surface area contributed by atoms with Gasteiger partial charge >= 0.3 is 0 Å². The molecule has 0 fully saturated rings. The molecular weight excluding hydrogens is 248 g/mol. The Labute approximate surface area is 109 Å². The van der Waals surface area contributed by atoms with Gasteiger partial charge in [0.15, 0.2) is 11.5 Å². The molecule has 3 N–H and O–H groups in total. The van der Waals surface area contributed by atoms with E-state index in [1.54, 1.807) is 6.92 Å². The van der Waals surface area contributed by atoms with Crippen molar-refractivity contribution < 1.29 is 19.4 Å². The smallest absolute Gasteiger partial charge is 0.251 e. The summed E-state index contributed by atoms with van der Waals surface area (Å²) in [7, 11) is 0. The number of carbonyl (C=O) groups is 1. The zero-order valence-corrected chi connectivity index (χ0v) is 10.6. The highest BCUT2D eigenvalue weighted by molar-refractivity contribution is 5.94. The summed E-state index contributed by atoms with van der Waals surface area (Å²) >= 11 is 0. The van der Waals surface area contributed by atoms with Crippen LogP contribution < -0.4 is 5.32 Å². The van der Waals surface area contributed by atoms with E-state index >= 15 is 0 Å². The van der Waals surface area contributed by atoms with Crippen LogP contribution in [0.5, 0.6) is 11.5 Å². The van der Waals surface area contributed by atoms with Crippen LogP contribution in [0.25, 0.3) is 0 Å². The lowest BCUT2D eigenvalue weighted by atomic mass is 10.2. The first-order chi connectivity index (χ1) is 8.97. The number of nitrogens with one attached hydrogen (secondary N) is 1. The molecule has 0 aliphatic carbocycles. The number of amides is 1. The molecule has 0 aliphatic heterocycles. The lowest BCUT2D eigenvalue weighted by Crippen LogP contribution is -2.22. The molecule has 6 nitrogen and oxygen atoms in total. The Bertz CT molecular complexity index is 600. The Kier molecular flexibility index (Phi) is 3.41. The van der Waals surface area contributed by atoms with E-state index in [-0.39, 0.29) is 29.5 Å². The summed E-state index contributed by atoms with van der Waals surface area (Å²) in [5.74, 6) is 0.146. The number of carbonyl (C=O) groups excluding carboxylic acids is 1. The average molecular weight is 262 g/mol. The molecule has 19 heavy (non-hydrogen) atoms. The molecule has 1 heterocycles. The van der Waals surface area contributed by atoms with Gasteiger partial charge in [-0.2, -0.15) is 0 Å². The van der Waals surface area contributed by atoms with Crippen molar-refractivity contribution in [2.75, 3.05) is 0 Å². The van der Waals surface area contributed by atoms with Gasteiger partial charge in [0.25, 0.3) is 5.91 Å². The van der Waals surface area contributed by atoms with E-state index in [0.29, 0.717) is 11.7 Å². The summed E-state index contributed by atoms with van der Waals surface area (Å²) in [4.78, 5) is 15.9. The molecule has 2 aromatic rings. The molecule has 100 valence electrons. The van der Waals surface area contributed by atoms with Gasteiger partial charge in [-0.3, -0.25) is 4.79 Å². The van der Waals surface area contributed by atoms with Crippen LogP contribution in [0.2, 0.25) is 0 Å². The minimum Gasteiger partial charge on any atom is -0.504 e. The first-order valence-electron chi connectivity index (χ1n) is 5.70. The summed E-state index contributed by atoms with van der Waals surface area (Å²) in [6.07, 6.45) is 0. The number of oxazole rings is 1. The number of aryl methyl sites for hydroxylation is 2. The van der Waals surface area contributed by atoms with Gasteiger partial charge in [-0.05, 0) is 32.0 Å². The second-order valence-electron chi connectivity index (χ2n) is 4.14. The summed E-state index contributed by atoms with van der Waals surface area (Å²) in [5.41, 5.74) is 1.03. The largest absolute Gasteiger partial charge is 0.504 e. The molecule has 0 bridgehead atoms. The van der Waals surface area contributed by atoms with Crippen LogP contribution in [0, 0.1) is 13.8 Å². The van der Waals surface area contributed by atoms with Crippen molar-refractivity contribution in [3.05, 3.63) is 41.1 Å². The van der Waals surface area contributed by atoms with Crippen LogP contribution in [-0.4, -0.2) is 21.1 Å². The fourth-order valence-electron chi connectivity index (χ4n) is 1.54. The van der Waals surface area contributed by atoms with Crippen molar-refractivity contribution >= 4 is 5.91 Å². The van der Waals surface area contributed by atoms with Gasteiger partial charge in [0, 0.05) is 5.56 Å². The van der Waals surface area contributed by atoms with Gasteiger partial charge < -0.3 is 19.9 Å². The van der Waals surface area contributed by atoms with Crippen molar-refractivity contribution in [2.24, 2.45) is 0 Å². The first kappa shape index (κ1) is 12.9. The monoisotopic (exact) mass is 262 g/mol. The Morgan fingerprint density at radius 2 is 2.05 bits per heavy atom. The quantitative estimate of drug-likeness (QED) is 0.731. The van der Waals surface area contributed by atoms with Gasteiger partial charge in [-0.15, -0.1) is 0 Å². The van der Waals surface area contributed by atoms with E-state index in [4.69, 9.17) is 9.52 Å². The van der Waals surface area contributed by atoms with Gasteiger partial charge in [0.05, 0.1) is 12.2 Å². The zero-order chi connectivity index (χ0) is 14.0. The Balaban J connectivity index is 2.03. The lowest BCUT2D eigenvalue weighted by Gasteiger charge is -2.04. The number of phenolic OH excluding ortho intramolecular Hbond substituents is 2. The fraction of sp³-hybridized carbons (Fsp3) is 0.231. The van der Waals surface area contributed by atoms with Crippen molar-refractivity contribution in [1.82, 2.24) is 10.3 Å². The van der Waals surface area contributed by atoms with Gasteiger partial charge in [-0.25, -0.2) is 4.98 Å². The predicted molar refractivity (Wildman–Crippen MR) is 66.9 cm³/mol. The number of hydrogen-bond acceptors (Lipinski definition) is 5. The van der Waals surface area contributed by atoms with E-state index in [1.165, 1.54) is 18.2 Å². The Morgan fingerprint density at radius 3 is 2.63 bits per heavy atom. The van der Waals surface area contributed by atoms with Crippen LogP contribution in [-0.2, 0) is 6.54 Å². The number of hydrogen-bond donors (Lipinski definition) is 3. The number of benzene rings is 1. The van der Waals surface area contributed by atoms with E-state index in [2.05, 4.69) is 10.3 Å². The molecule has 0 saturated carbocycles. The van der Waals surface area contributed by atoms with E-state index in [0.717, 1.165) is 5.69 Å². The highest BCUT2D eigenvalue weighted by Crippen LogP contribution is 2.24. The van der Waals surface area contributed by atoms with Crippen LogP contribution in [0.3, 0.4) is 0 Å².